The molecule has 0 amide bonds. The lowest BCUT2D eigenvalue weighted by molar-refractivity contribution is 0.239. The zero-order valence-corrected chi connectivity index (χ0v) is 15.9. The molecule has 2 rings (SSSR count). The smallest absolute Gasteiger partial charge is 0.363 e. The molecule has 1 aromatic carbocycles. The summed E-state index contributed by atoms with van der Waals surface area (Å²) < 4.78 is 7.35. The minimum Gasteiger partial charge on any atom is -0.489 e. The Bertz CT molecular complexity index is 766. The van der Waals surface area contributed by atoms with E-state index in [1.165, 1.54) is 0 Å². The maximum atomic E-state index is 11.1. The first-order valence-corrected chi connectivity index (χ1v) is 8.33. The van der Waals surface area contributed by atoms with Gasteiger partial charge in [-0.3, -0.25) is 5.43 Å². The molecule has 1 aromatic heterocycles. The van der Waals surface area contributed by atoms with Crippen LogP contribution in [0.1, 0.15) is 25.1 Å². The maximum Gasteiger partial charge on any atom is 0.363 e. The van der Waals surface area contributed by atoms with E-state index in [4.69, 9.17) is 4.74 Å². The Kier molecular flexibility index (Phi) is 5.89. The Morgan fingerprint density at radius 3 is 2.61 bits per heavy atom. The first kappa shape index (κ1) is 17.6. The Labute approximate surface area is 149 Å². The molecular weight excluding hydrogens is 430 g/mol. The number of halogens is 2. The fraction of sp³-hybridized carbons (Fsp3) is 0.286. The van der Waals surface area contributed by atoms with E-state index in [1.807, 2.05) is 26.0 Å². The van der Waals surface area contributed by atoms with Crippen LogP contribution in [0.5, 0.6) is 5.75 Å². The minimum absolute atomic E-state index is 0.0708. The number of anilines is 1. The molecule has 0 saturated heterocycles. The van der Waals surface area contributed by atoms with Gasteiger partial charge in [-0.1, -0.05) is 0 Å². The second kappa shape index (κ2) is 7.69. The van der Waals surface area contributed by atoms with Crippen LogP contribution in [-0.4, -0.2) is 27.5 Å². The summed E-state index contributed by atoms with van der Waals surface area (Å²) in [7, 11) is 0. The van der Waals surface area contributed by atoms with Gasteiger partial charge in [0, 0.05) is 0 Å². The van der Waals surface area contributed by atoms with Gasteiger partial charge < -0.3 is 4.74 Å². The maximum absolute atomic E-state index is 11.1. The first-order valence-electron chi connectivity index (χ1n) is 6.75. The van der Waals surface area contributed by atoms with Gasteiger partial charge in [-0.25, -0.2) is 9.89 Å². The number of H-pyrrole nitrogens is 1. The van der Waals surface area contributed by atoms with Crippen molar-refractivity contribution in [3.8, 4) is 5.75 Å². The number of hydrogen-bond acceptors (Lipinski definition) is 6. The third kappa shape index (κ3) is 4.87. The number of ether oxygens (including phenoxy) is 1. The van der Waals surface area contributed by atoms with Gasteiger partial charge in [0.15, 0.2) is 5.82 Å². The van der Waals surface area contributed by atoms with Crippen LogP contribution in [0.4, 0.5) is 5.82 Å². The predicted molar refractivity (Wildman–Crippen MR) is 96.2 cm³/mol. The molecular formula is C14H15Br2N5O2. The van der Waals surface area contributed by atoms with Crippen molar-refractivity contribution in [3.05, 3.63) is 42.8 Å². The highest BCUT2D eigenvalue weighted by Gasteiger charge is 2.10. The van der Waals surface area contributed by atoms with E-state index in [-0.39, 0.29) is 6.10 Å². The quantitative estimate of drug-likeness (QED) is 0.545. The average molecular weight is 445 g/mol. The number of aromatic amines is 1. The largest absolute Gasteiger partial charge is 0.489 e. The summed E-state index contributed by atoms with van der Waals surface area (Å²) in [5.74, 6) is 1.05. The van der Waals surface area contributed by atoms with E-state index in [0.29, 0.717) is 11.5 Å². The van der Waals surface area contributed by atoms with Gasteiger partial charge in [0.05, 0.1) is 21.3 Å². The number of rotatable bonds is 5. The van der Waals surface area contributed by atoms with E-state index in [2.05, 4.69) is 57.6 Å². The Morgan fingerprint density at radius 2 is 2.00 bits per heavy atom. The summed E-state index contributed by atoms with van der Waals surface area (Å²) in [6.07, 6.45) is 1.68. The normalized spacial score (nSPS) is 11.2. The molecule has 0 saturated carbocycles. The highest BCUT2D eigenvalue weighted by Crippen LogP contribution is 2.35. The molecule has 0 aliphatic carbocycles. The van der Waals surface area contributed by atoms with Crippen molar-refractivity contribution in [2.75, 3.05) is 5.43 Å². The molecule has 2 N–H and O–H groups in total. The number of benzene rings is 1. The van der Waals surface area contributed by atoms with Gasteiger partial charge in [-0.2, -0.15) is 15.2 Å². The fourth-order valence-electron chi connectivity index (χ4n) is 1.67. The number of nitrogens with one attached hydrogen (secondary N) is 2. The van der Waals surface area contributed by atoms with Crippen LogP contribution < -0.4 is 15.9 Å². The van der Waals surface area contributed by atoms with Gasteiger partial charge in [-0.05, 0) is 70.3 Å². The van der Waals surface area contributed by atoms with Crippen LogP contribution in [0.15, 0.2) is 31.0 Å². The third-order valence-electron chi connectivity index (χ3n) is 2.63. The van der Waals surface area contributed by atoms with E-state index in [0.717, 1.165) is 20.3 Å². The summed E-state index contributed by atoms with van der Waals surface area (Å²) in [5.41, 5.74) is 3.55. The Hall–Kier alpha value is -1.74. The van der Waals surface area contributed by atoms with Gasteiger partial charge >= 0.3 is 5.69 Å². The summed E-state index contributed by atoms with van der Waals surface area (Å²) >= 11 is 6.96. The number of hydrazone groups is 1. The van der Waals surface area contributed by atoms with Crippen LogP contribution in [0.3, 0.4) is 0 Å². The van der Waals surface area contributed by atoms with Gasteiger partial charge in [0.25, 0.3) is 0 Å². The van der Waals surface area contributed by atoms with Crippen LogP contribution >= 0.6 is 31.9 Å². The zero-order valence-electron chi connectivity index (χ0n) is 12.7. The topological polar surface area (TPSA) is 92.3 Å². The van der Waals surface area contributed by atoms with Gasteiger partial charge in [-0.15, -0.1) is 0 Å². The van der Waals surface area contributed by atoms with E-state index < -0.39 is 5.69 Å². The molecule has 0 fully saturated rings. The lowest BCUT2D eigenvalue weighted by Crippen LogP contribution is -2.15. The SMILES string of the molecule is Cc1n[nH]c(=O)nc1N/N=C/c1cc(Br)c(OC(C)C)c(Br)c1. The molecule has 0 aliphatic rings. The zero-order chi connectivity index (χ0) is 17.0. The summed E-state index contributed by atoms with van der Waals surface area (Å²) in [5, 5.41) is 10.1. The first-order chi connectivity index (χ1) is 10.9. The van der Waals surface area contributed by atoms with Crippen molar-refractivity contribution < 1.29 is 4.74 Å². The van der Waals surface area contributed by atoms with E-state index in [1.54, 1.807) is 13.1 Å². The molecule has 7 nitrogen and oxygen atoms in total. The second-order valence-corrected chi connectivity index (χ2v) is 6.63. The predicted octanol–water partition coefficient (Wildman–Crippen LogP) is 3.23. The van der Waals surface area contributed by atoms with Crippen LogP contribution in [0.2, 0.25) is 0 Å². The fourth-order valence-corrected chi connectivity index (χ4v) is 3.08. The van der Waals surface area contributed by atoms with Crippen LogP contribution in [-0.2, 0) is 0 Å². The van der Waals surface area contributed by atoms with Gasteiger partial charge in [0.1, 0.15) is 11.4 Å². The molecule has 23 heavy (non-hydrogen) atoms. The molecule has 9 heteroatoms. The van der Waals surface area contributed by atoms with Crippen LogP contribution in [0.25, 0.3) is 0 Å². The van der Waals surface area contributed by atoms with Gasteiger partial charge in [0.2, 0.25) is 0 Å². The number of nitrogens with zero attached hydrogens (tertiary/aromatic N) is 3. The van der Waals surface area contributed by atoms with Crippen molar-refractivity contribution in [1.29, 1.82) is 0 Å². The van der Waals surface area contributed by atoms with Crippen molar-refractivity contribution >= 4 is 43.9 Å². The average Bonchev–Trinajstić information content (AvgIpc) is 2.46. The summed E-state index contributed by atoms with van der Waals surface area (Å²) in [4.78, 5) is 14.9. The highest BCUT2D eigenvalue weighted by atomic mass is 79.9. The highest BCUT2D eigenvalue weighted by molar-refractivity contribution is 9.11. The third-order valence-corrected chi connectivity index (χ3v) is 3.81. The van der Waals surface area contributed by atoms with Crippen molar-refractivity contribution in [2.45, 2.75) is 26.9 Å². The lowest BCUT2D eigenvalue weighted by atomic mass is 10.2. The summed E-state index contributed by atoms with van der Waals surface area (Å²) in [6, 6.07) is 3.76. The molecule has 122 valence electrons. The Morgan fingerprint density at radius 1 is 1.35 bits per heavy atom. The summed E-state index contributed by atoms with van der Waals surface area (Å²) in [6.45, 7) is 5.64. The van der Waals surface area contributed by atoms with Crippen molar-refractivity contribution in [2.24, 2.45) is 5.10 Å². The molecule has 0 unspecified atom stereocenters. The van der Waals surface area contributed by atoms with Crippen LogP contribution in [0, 0.1) is 6.92 Å². The minimum atomic E-state index is -0.533. The van der Waals surface area contributed by atoms with E-state index >= 15 is 0 Å². The molecule has 0 spiro atoms. The number of aryl methyl sites for hydroxylation is 1. The van der Waals surface area contributed by atoms with Crippen molar-refractivity contribution in [1.82, 2.24) is 15.2 Å². The molecule has 2 aromatic rings. The standard InChI is InChI=1S/C14H15Br2N5O2/c1-7(2)23-12-10(15)4-9(5-11(12)16)6-17-20-13-8(3)19-21-14(22)18-13/h4-7H,1-3H3,(H2,18,20,21,22)/b17-6+. The molecule has 0 atom stereocenters. The lowest BCUT2D eigenvalue weighted by Gasteiger charge is -2.13. The monoisotopic (exact) mass is 443 g/mol. The molecule has 0 bridgehead atoms. The second-order valence-electron chi connectivity index (χ2n) is 4.92. The van der Waals surface area contributed by atoms with E-state index in [9.17, 15) is 4.79 Å². The molecule has 0 radical (unpaired) electrons. The van der Waals surface area contributed by atoms with Crippen molar-refractivity contribution in [3.63, 3.8) is 0 Å². The molecule has 0 aliphatic heterocycles. The number of aromatic nitrogens is 3. The number of hydrogen-bond donors (Lipinski definition) is 2. The Balaban J connectivity index is 2.17. The molecule has 1 heterocycles.